The van der Waals surface area contributed by atoms with Gasteiger partial charge in [-0.3, -0.25) is 0 Å². The minimum absolute atomic E-state index is 1.05. The van der Waals surface area contributed by atoms with Gasteiger partial charge in [0.25, 0.3) is 0 Å². The van der Waals surface area contributed by atoms with Gasteiger partial charge in [0.1, 0.15) is 0 Å². The third-order valence-electron chi connectivity index (χ3n) is 3.17. The van der Waals surface area contributed by atoms with Crippen molar-refractivity contribution in [1.82, 2.24) is 15.3 Å². The summed E-state index contributed by atoms with van der Waals surface area (Å²) in [6.45, 7) is 4.65. The highest BCUT2D eigenvalue weighted by Crippen LogP contribution is 2.13. The molecule has 0 saturated carbocycles. The molecule has 0 atom stereocenters. The molecule has 1 heterocycles. The standard InChI is InChI=1S/C15H29N3S/c1-2-3-4-5-7-10-16-11-8-6-9-14-19-15-17-12-13-18-15/h12-13,16H,2-11,14H2,1H3,(H,17,18). The van der Waals surface area contributed by atoms with Gasteiger partial charge in [-0.2, -0.15) is 0 Å². The van der Waals surface area contributed by atoms with Crippen LogP contribution in [0.1, 0.15) is 58.3 Å². The van der Waals surface area contributed by atoms with E-state index in [0.29, 0.717) is 0 Å². The van der Waals surface area contributed by atoms with Crippen LogP contribution in [-0.2, 0) is 0 Å². The summed E-state index contributed by atoms with van der Waals surface area (Å²) >= 11 is 1.82. The number of aromatic nitrogens is 2. The summed E-state index contributed by atoms with van der Waals surface area (Å²) in [7, 11) is 0. The van der Waals surface area contributed by atoms with Gasteiger partial charge in [-0.05, 0) is 32.4 Å². The van der Waals surface area contributed by atoms with Gasteiger partial charge in [0, 0.05) is 18.1 Å². The summed E-state index contributed by atoms with van der Waals surface area (Å²) in [6, 6.07) is 0. The molecule has 19 heavy (non-hydrogen) atoms. The Balaban J connectivity index is 1.72. The first-order valence-electron chi connectivity index (χ1n) is 7.76. The molecule has 0 aromatic carbocycles. The van der Waals surface area contributed by atoms with Gasteiger partial charge in [-0.15, -0.1) is 0 Å². The molecule has 0 aliphatic carbocycles. The van der Waals surface area contributed by atoms with Crippen LogP contribution < -0.4 is 5.32 Å². The first-order valence-corrected chi connectivity index (χ1v) is 8.75. The zero-order valence-electron chi connectivity index (χ0n) is 12.3. The van der Waals surface area contributed by atoms with Crippen molar-refractivity contribution in [3.05, 3.63) is 12.4 Å². The van der Waals surface area contributed by atoms with Gasteiger partial charge in [-0.1, -0.05) is 50.8 Å². The number of aromatic amines is 1. The van der Waals surface area contributed by atoms with E-state index in [1.165, 1.54) is 70.2 Å². The van der Waals surface area contributed by atoms with Gasteiger partial charge in [0.05, 0.1) is 0 Å². The van der Waals surface area contributed by atoms with E-state index in [4.69, 9.17) is 0 Å². The monoisotopic (exact) mass is 283 g/mol. The van der Waals surface area contributed by atoms with Crippen LogP contribution in [0.2, 0.25) is 0 Å². The van der Waals surface area contributed by atoms with Crippen LogP contribution in [0, 0.1) is 0 Å². The summed E-state index contributed by atoms with van der Waals surface area (Å²) < 4.78 is 0. The predicted molar refractivity (Wildman–Crippen MR) is 84.8 cm³/mol. The fourth-order valence-corrected chi connectivity index (χ4v) is 2.83. The molecule has 4 heteroatoms. The highest BCUT2D eigenvalue weighted by atomic mass is 32.2. The van der Waals surface area contributed by atoms with Crippen LogP contribution in [0.15, 0.2) is 17.6 Å². The molecule has 0 spiro atoms. The smallest absolute Gasteiger partial charge is 0.165 e. The molecule has 1 aromatic heterocycles. The molecule has 1 rings (SSSR count). The first kappa shape index (κ1) is 16.6. The first-order chi connectivity index (χ1) is 9.43. The van der Waals surface area contributed by atoms with Crippen molar-refractivity contribution in [3.8, 4) is 0 Å². The average molecular weight is 283 g/mol. The Bertz CT molecular complexity index is 275. The van der Waals surface area contributed by atoms with Crippen molar-refractivity contribution in [2.45, 2.75) is 63.4 Å². The molecule has 2 N–H and O–H groups in total. The Kier molecular flexibility index (Phi) is 10.9. The maximum atomic E-state index is 4.20. The van der Waals surface area contributed by atoms with E-state index in [1.54, 1.807) is 0 Å². The van der Waals surface area contributed by atoms with E-state index in [0.717, 1.165) is 5.16 Å². The third kappa shape index (κ3) is 10.0. The molecule has 3 nitrogen and oxygen atoms in total. The Morgan fingerprint density at radius 1 is 1.05 bits per heavy atom. The molecule has 0 aliphatic rings. The van der Waals surface area contributed by atoms with Crippen molar-refractivity contribution in [1.29, 1.82) is 0 Å². The van der Waals surface area contributed by atoms with Crippen LogP contribution in [-0.4, -0.2) is 28.8 Å². The Morgan fingerprint density at radius 2 is 1.79 bits per heavy atom. The molecule has 0 unspecified atom stereocenters. The van der Waals surface area contributed by atoms with E-state index in [2.05, 4.69) is 22.2 Å². The van der Waals surface area contributed by atoms with E-state index >= 15 is 0 Å². The van der Waals surface area contributed by atoms with Crippen LogP contribution in [0.4, 0.5) is 0 Å². The summed E-state index contributed by atoms with van der Waals surface area (Å²) in [6.07, 6.45) is 14.5. The van der Waals surface area contributed by atoms with Gasteiger partial charge in [0.15, 0.2) is 5.16 Å². The second-order valence-corrected chi connectivity index (χ2v) is 6.05. The molecule has 110 valence electrons. The lowest BCUT2D eigenvalue weighted by Crippen LogP contribution is -2.16. The zero-order chi connectivity index (χ0) is 13.6. The highest BCUT2D eigenvalue weighted by Gasteiger charge is 1.95. The van der Waals surface area contributed by atoms with Gasteiger partial charge in [0.2, 0.25) is 0 Å². The van der Waals surface area contributed by atoms with Crippen LogP contribution in [0.3, 0.4) is 0 Å². The highest BCUT2D eigenvalue weighted by molar-refractivity contribution is 7.99. The molecule has 0 aliphatic heterocycles. The van der Waals surface area contributed by atoms with Crippen LogP contribution in [0.25, 0.3) is 0 Å². The van der Waals surface area contributed by atoms with Gasteiger partial charge >= 0.3 is 0 Å². The van der Waals surface area contributed by atoms with Crippen LogP contribution >= 0.6 is 11.8 Å². The maximum Gasteiger partial charge on any atom is 0.165 e. The van der Waals surface area contributed by atoms with Gasteiger partial charge < -0.3 is 10.3 Å². The van der Waals surface area contributed by atoms with E-state index in [9.17, 15) is 0 Å². The molecule has 0 bridgehead atoms. The Morgan fingerprint density at radius 3 is 2.47 bits per heavy atom. The number of nitrogens with one attached hydrogen (secondary N) is 2. The normalized spacial score (nSPS) is 11.0. The second-order valence-electron chi connectivity index (χ2n) is 4.97. The Labute approximate surface area is 122 Å². The number of nitrogens with zero attached hydrogens (tertiary/aromatic N) is 1. The minimum Gasteiger partial charge on any atom is -0.340 e. The molecule has 0 saturated heterocycles. The summed E-state index contributed by atoms with van der Waals surface area (Å²) in [4.78, 5) is 7.32. The zero-order valence-corrected chi connectivity index (χ0v) is 13.1. The minimum atomic E-state index is 1.05. The van der Waals surface area contributed by atoms with E-state index in [1.807, 2.05) is 24.2 Å². The lowest BCUT2D eigenvalue weighted by atomic mass is 10.1. The SMILES string of the molecule is CCCCCCCNCCCCCSc1ncc[nH]1. The summed E-state index contributed by atoms with van der Waals surface area (Å²) in [5.74, 6) is 1.17. The fourth-order valence-electron chi connectivity index (χ4n) is 2.01. The molecule has 1 aromatic rings. The quantitative estimate of drug-likeness (QED) is 0.420. The number of imidazole rings is 1. The summed E-state index contributed by atoms with van der Waals surface area (Å²) in [5, 5.41) is 4.59. The van der Waals surface area contributed by atoms with E-state index < -0.39 is 0 Å². The van der Waals surface area contributed by atoms with Crippen molar-refractivity contribution < 1.29 is 0 Å². The fraction of sp³-hybridized carbons (Fsp3) is 0.800. The summed E-state index contributed by atoms with van der Waals surface area (Å²) in [5.41, 5.74) is 0. The Hall–Kier alpha value is -0.480. The number of hydrogen-bond acceptors (Lipinski definition) is 3. The van der Waals surface area contributed by atoms with E-state index in [-0.39, 0.29) is 0 Å². The van der Waals surface area contributed by atoms with Gasteiger partial charge in [-0.25, -0.2) is 4.98 Å². The van der Waals surface area contributed by atoms with Crippen molar-refractivity contribution >= 4 is 11.8 Å². The topological polar surface area (TPSA) is 40.7 Å². The predicted octanol–water partition coefficient (Wildman–Crippen LogP) is 4.23. The molecule has 0 amide bonds. The number of hydrogen-bond donors (Lipinski definition) is 2. The number of unbranched alkanes of at least 4 members (excludes halogenated alkanes) is 6. The van der Waals surface area contributed by atoms with Crippen molar-refractivity contribution in [2.75, 3.05) is 18.8 Å². The molecule has 0 fully saturated rings. The maximum absolute atomic E-state index is 4.20. The lowest BCUT2D eigenvalue weighted by molar-refractivity contribution is 0.565. The number of rotatable bonds is 13. The number of H-pyrrole nitrogens is 1. The average Bonchev–Trinajstić information content (AvgIpc) is 2.93. The lowest BCUT2D eigenvalue weighted by Gasteiger charge is -2.04. The molecular formula is C15H29N3S. The van der Waals surface area contributed by atoms with Crippen molar-refractivity contribution in [2.24, 2.45) is 0 Å². The largest absolute Gasteiger partial charge is 0.340 e. The molecular weight excluding hydrogens is 254 g/mol. The molecule has 0 radical (unpaired) electrons. The van der Waals surface area contributed by atoms with Crippen LogP contribution in [0.5, 0.6) is 0 Å². The second kappa shape index (κ2) is 12.5. The van der Waals surface area contributed by atoms with Crippen molar-refractivity contribution in [3.63, 3.8) is 0 Å². The number of thioether (sulfide) groups is 1. The third-order valence-corrected chi connectivity index (χ3v) is 4.16.